The molecule has 0 unspecified atom stereocenters. The van der Waals surface area contributed by atoms with Gasteiger partial charge in [-0.3, -0.25) is 9.83 Å². The van der Waals surface area contributed by atoms with Crippen LogP contribution in [0.25, 0.3) is 0 Å². The fourth-order valence-electron chi connectivity index (χ4n) is 4.42. The van der Waals surface area contributed by atoms with Gasteiger partial charge in [0, 0.05) is 12.0 Å². The number of carbonyl (C=O) groups is 1. The van der Waals surface area contributed by atoms with Crippen LogP contribution in [0.3, 0.4) is 0 Å². The number of carbonyl (C=O) groups excluding carboxylic acids is 1. The van der Waals surface area contributed by atoms with E-state index in [1.807, 2.05) is 13.8 Å². The van der Waals surface area contributed by atoms with Gasteiger partial charge in [0.1, 0.15) is 4.75 Å². The Balaban J connectivity index is 0.000000218. The average Bonchev–Trinajstić information content (AvgIpc) is 2.54. The molecule has 0 aliphatic heterocycles. The molecule has 6 heteroatoms. The minimum absolute atomic E-state index is 0.293. The minimum atomic E-state index is -0.930. The first-order valence-corrected chi connectivity index (χ1v) is 10.00. The molecule has 4 rings (SSSR count). The van der Waals surface area contributed by atoms with Gasteiger partial charge in [0.25, 0.3) is 0 Å². The van der Waals surface area contributed by atoms with Crippen LogP contribution in [0.5, 0.6) is 0 Å². The maximum Gasteiger partial charge on any atom is 0.324 e. The Morgan fingerprint density at radius 1 is 1.00 bits per heavy atom. The molecule has 4 fully saturated rings. The third-order valence-electron chi connectivity index (χ3n) is 5.04. The zero-order chi connectivity index (χ0) is 18.2. The highest BCUT2D eigenvalue weighted by Crippen LogP contribution is 2.53. The molecular formula is C18H33O5S-. The first-order valence-electron chi connectivity index (χ1n) is 9.26. The normalized spacial score (nSPS) is 29.9. The van der Waals surface area contributed by atoms with Gasteiger partial charge in [-0.25, -0.2) is 0 Å². The molecule has 0 spiro atoms. The maximum atomic E-state index is 11.1. The number of hydrogen-bond donors (Lipinski definition) is 0. The van der Waals surface area contributed by atoms with Gasteiger partial charge < -0.3 is 9.99 Å². The van der Waals surface area contributed by atoms with Crippen LogP contribution in [0.15, 0.2) is 0 Å². The van der Waals surface area contributed by atoms with Crippen molar-refractivity contribution in [2.75, 3.05) is 6.61 Å². The van der Waals surface area contributed by atoms with E-state index in [4.69, 9.17) is 4.74 Å². The number of ether oxygens (including phenoxy) is 1. The molecule has 0 N–H and O–H groups in total. The van der Waals surface area contributed by atoms with E-state index in [-0.39, 0.29) is 0 Å². The molecule has 4 bridgehead atoms. The summed E-state index contributed by atoms with van der Waals surface area (Å²) in [5.74, 6) is 4.26. The van der Waals surface area contributed by atoms with Gasteiger partial charge >= 0.3 is 5.97 Å². The lowest BCUT2D eigenvalue weighted by atomic mass is 9.56. The summed E-state index contributed by atoms with van der Waals surface area (Å²) in [4.78, 5) is 11.1. The third-order valence-corrected chi connectivity index (χ3v) is 5.74. The third kappa shape index (κ3) is 6.54. The number of hydrogen-bond acceptors (Lipinski definition) is 6. The first kappa shape index (κ1) is 21.7. The Labute approximate surface area is 150 Å². The largest absolute Gasteiger partial charge is 0.691 e. The van der Waals surface area contributed by atoms with Crippen molar-refractivity contribution in [2.45, 2.75) is 77.9 Å². The van der Waals surface area contributed by atoms with E-state index < -0.39 is 10.7 Å². The molecular weight excluding hydrogens is 328 g/mol. The molecule has 0 amide bonds. The van der Waals surface area contributed by atoms with Crippen LogP contribution >= 0.6 is 12.0 Å². The summed E-state index contributed by atoms with van der Waals surface area (Å²) >= 11 is 0.617. The van der Waals surface area contributed by atoms with Crippen molar-refractivity contribution in [1.82, 2.24) is 0 Å². The number of esters is 1. The van der Waals surface area contributed by atoms with Crippen molar-refractivity contribution in [3.8, 4) is 0 Å². The van der Waals surface area contributed by atoms with Crippen LogP contribution in [0.2, 0.25) is 0 Å². The van der Waals surface area contributed by atoms with E-state index >= 15 is 0 Å². The highest BCUT2D eigenvalue weighted by molar-refractivity contribution is 7.96. The Morgan fingerprint density at radius 3 is 1.67 bits per heavy atom. The molecule has 4 aliphatic carbocycles. The zero-order valence-electron chi connectivity index (χ0n) is 15.7. The summed E-state index contributed by atoms with van der Waals surface area (Å²) in [7, 11) is 0. The Morgan fingerprint density at radius 2 is 1.38 bits per heavy atom. The molecule has 0 aromatic heterocycles. The van der Waals surface area contributed by atoms with E-state index in [1.54, 1.807) is 59.3 Å². The van der Waals surface area contributed by atoms with E-state index in [2.05, 4.69) is 9.37 Å². The Bertz CT molecular complexity index is 316. The average molecular weight is 362 g/mol. The summed E-state index contributed by atoms with van der Waals surface area (Å²) in [6.45, 7) is 9.12. The van der Waals surface area contributed by atoms with Crippen molar-refractivity contribution < 1.29 is 24.2 Å². The molecule has 0 radical (unpaired) electrons. The van der Waals surface area contributed by atoms with Crippen LogP contribution < -0.4 is 5.26 Å². The second-order valence-electron chi connectivity index (χ2n) is 7.33. The van der Waals surface area contributed by atoms with Crippen LogP contribution in [-0.2, 0) is 18.9 Å². The smallest absolute Gasteiger partial charge is 0.324 e. The van der Waals surface area contributed by atoms with Gasteiger partial charge in [0.15, 0.2) is 0 Å². The highest BCUT2D eigenvalue weighted by Gasteiger charge is 2.41. The van der Waals surface area contributed by atoms with Gasteiger partial charge in [0.05, 0.1) is 6.61 Å². The SMILES string of the molecule is C1C2CC3CC1CC(C2)C3.CC.CCOC(=O)C(C)(C)SOO[O-]. The molecule has 24 heavy (non-hydrogen) atoms. The van der Waals surface area contributed by atoms with Crippen molar-refractivity contribution in [3.05, 3.63) is 0 Å². The van der Waals surface area contributed by atoms with Crippen LogP contribution in [0.4, 0.5) is 0 Å². The molecule has 0 atom stereocenters. The monoisotopic (exact) mass is 361 g/mol. The first-order chi connectivity index (χ1) is 11.4. The maximum absolute atomic E-state index is 11.1. The molecule has 4 aliphatic rings. The molecule has 142 valence electrons. The molecule has 0 saturated heterocycles. The summed E-state index contributed by atoms with van der Waals surface area (Å²) in [6, 6.07) is 0. The highest BCUT2D eigenvalue weighted by atomic mass is 32.2. The van der Waals surface area contributed by atoms with E-state index in [1.165, 1.54) is 23.7 Å². The Kier molecular flexibility index (Phi) is 9.64. The summed E-state index contributed by atoms with van der Waals surface area (Å²) in [5, 5.41) is 12.6. The van der Waals surface area contributed by atoms with Crippen molar-refractivity contribution >= 4 is 18.0 Å². The van der Waals surface area contributed by atoms with E-state index in [0.29, 0.717) is 18.6 Å². The Hall–Kier alpha value is -0.300. The van der Waals surface area contributed by atoms with Gasteiger partial charge in [-0.15, -0.1) is 0 Å². The topological polar surface area (TPSA) is 67.8 Å². The molecule has 0 heterocycles. The summed E-state index contributed by atoms with van der Waals surface area (Å²) < 4.78 is 7.80. The lowest BCUT2D eigenvalue weighted by Crippen LogP contribution is -2.38. The fraction of sp³-hybridized carbons (Fsp3) is 0.944. The fourth-order valence-corrected chi connectivity index (χ4v) is 4.75. The quantitative estimate of drug-likeness (QED) is 0.318. The van der Waals surface area contributed by atoms with Crippen molar-refractivity contribution in [2.24, 2.45) is 23.7 Å². The summed E-state index contributed by atoms with van der Waals surface area (Å²) in [5.41, 5.74) is 0. The van der Waals surface area contributed by atoms with Crippen LogP contribution in [0.1, 0.15) is 73.1 Å². The zero-order valence-corrected chi connectivity index (χ0v) is 16.5. The summed E-state index contributed by atoms with van der Waals surface area (Å²) in [6.07, 6.45) is 9.62. The van der Waals surface area contributed by atoms with Crippen molar-refractivity contribution in [1.29, 1.82) is 0 Å². The standard InChI is InChI=1S/C10H16.C6H12O5S.C2H6/c1-7-2-9-4-8(1)5-10(3-7)6-9;1-4-9-5(7)6(2,3)12-11-10-8;1-2/h7-10H,1-6H2;8H,4H2,1-3H3;1-2H3/p-1. The van der Waals surface area contributed by atoms with Crippen molar-refractivity contribution in [3.63, 3.8) is 0 Å². The molecule has 0 aromatic carbocycles. The van der Waals surface area contributed by atoms with Gasteiger partial charge in [-0.1, -0.05) is 13.8 Å². The van der Waals surface area contributed by atoms with Crippen LogP contribution in [0, 0.1) is 23.7 Å². The lowest BCUT2D eigenvalue weighted by molar-refractivity contribution is -0.777. The molecule has 5 nitrogen and oxygen atoms in total. The van der Waals surface area contributed by atoms with Gasteiger partial charge in [-0.05, 0) is 83.0 Å². The minimum Gasteiger partial charge on any atom is -0.691 e. The molecule has 4 saturated carbocycles. The second kappa shape index (κ2) is 10.6. The second-order valence-corrected chi connectivity index (χ2v) is 8.65. The lowest BCUT2D eigenvalue weighted by Gasteiger charge is -2.49. The predicted molar refractivity (Wildman–Crippen MR) is 93.5 cm³/mol. The molecule has 0 aromatic rings. The number of rotatable bonds is 5. The van der Waals surface area contributed by atoms with E-state index in [9.17, 15) is 10.1 Å². The van der Waals surface area contributed by atoms with E-state index in [0.717, 1.165) is 0 Å². The predicted octanol–water partition coefficient (Wildman–Crippen LogP) is 4.06. The van der Waals surface area contributed by atoms with Crippen LogP contribution in [-0.4, -0.2) is 17.3 Å². The van der Waals surface area contributed by atoms with Gasteiger partial charge in [0.2, 0.25) is 0 Å². The van der Waals surface area contributed by atoms with Gasteiger partial charge in [-0.2, -0.15) is 4.33 Å².